The van der Waals surface area contributed by atoms with E-state index in [1.54, 1.807) is 18.7 Å². The highest BCUT2D eigenvalue weighted by Crippen LogP contribution is 2.36. The van der Waals surface area contributed by atoms with E-state index in [1.165, 1.54) is 19.3 Å². The summed E-state index contributed by atoms with van der Waals surface area (Å²) in [5, 5.41) is 0.729. The monoisotopic (exact) mass is 344 g/mol. The molecule has 1 fully saturated rings. The molecule has 0 radical (unpaired) electrons. The van der Waals surface area contributed by atoms with Crippen molar-refractivity contribution in [3.63, 3.8) is 0 Å². The molecule has 0 spiro atoms. The Hall–Kier alpha value is -1.00. The number of ether oxygens (including phenoxy) is 1. The number of carbonyl (C=O) groups excluding carboxylic acids is 1. The Kier molecular flexibility index (Phi) is 5.93. The number of carbonyl (C=O) groups is 1. The van der Waals surface area contributed by atoms with Gasteiger partial charge in [-0.25, -0.2) is 0 Å². The van der Waals surface area contributed by atoms with Gasteiger partial charge in [-0.15, -0.1) is 0 Å². The molecule has 0 aromatic carbocycles. The van der Waals surface area contributed by atoms with E-state index in [0.29, 0.717) is 33.2 Å². The van der Waals surface area contributed by atoms with Gasteiger partial charge >= 0.3 is 0 Å². The number of likely N-dealkylation sites (N-methyl/N-ethyl adjacent to an activating group) is 1. The van der Waals surface area contributed by atoms with Crippen molar-refractivity contribution >= 4 is 29.1 Å². The number of hydrogen-bond donors (Lipinski definition) is 0. The lowest BCUT2D eigenvalue weighted by molar-refractivity contribution is -0.134. The van der Waals surface area contributed by atoms with E-state index in [2.05, 4.69) is 4.98 Å². The lowest BCUT2D eigenvalue weighted by atomic mass is 9.94. The molecular weight excluding hydrogens is 323 g/mol. The van der Waals surface area contributed by atoms with Crippen molar-refractivity contribution in [2.75, 3.05) is 13.7 Å². The van der Waals surface area contributed by atoms with Crippen LogP contribution >= 0.6 is 23.2 Å². The maximum Gasteiger partial charge on any atom is 0.260 e. The van der Waals surface area contributed by atoms with E-state index < -0.39 is 0 Å². The first kappa shape index (κ1) is 17.4. The summed E-state index contributed by atoms with van der Waals surface area (Å²) >= 11 is 12.4. The summed E-state index contributed by atoms with van der Waals surface area (Å²) in [6.45, 7) is 3.51. The normalized spacial score (nSPS) is 15.7. The zero-order valence-corrected chi connectivity index (χ0v) is 14.8. The van der Waals surface area contributed by atoms with Crippen molar-refractivity contribution in [1.29, 1.82) is 0 Å². The van der Waals surface area contributed by atoms with Gasteiger partial charge in [0.05, 0.1) is 11.4 Å². The Morgan fingerprint density at radius 3 is 2.27 bits per heavy atom. The Balaban J connectivity index is 2.02. The van der Waals surface area contributed by atoms with Gasteiger partial charge in [0, 0.05) is 13.1 Å². The van der Waals surface area contributed by atoms with Crippen LogP contribution in [0.15, 0.2) is 0 Å². The minimum atomic E-state index is -0.0602. The predicted octanol–water partition coefficient (Wildman–Crippen LogP) is 4.18. The number of hydrogen-bond acceptors (Lipinski definition) is 3. The number of pyridine rings is 1. The lowest BCUT2D eigenvalue weighted by Crippen LogP contribution is -2.40. The van der Waals surface area contributed by atoms with Gasteiger partial charge in [-0.3, -0.25) is 9.78 Å². The Labute approximate surface area is 141 Å². The Morgan fingerprint density at radius 2 is 1.73 bits per heavy atom. The molecule has 1 aliphatic carbocycles. The molecule has 1 aromatic rings. The predicted molar refractivity (Wildman–Crippen MR) is 88.9 cm³/mol. The van der Waals surface area contributed by atoms with Crippen LogP contribution in [0.25, 0.3) is 0 Å². The molecule has 1 amide bonds. The molecule has 0 aliphatic heterocycles. The molecule has 1 heterocycles. The second-order valence-corrected chi connectivity index (χ2v) is 6.58. The van der Waals surface area contributed by atoms with Gasteiger partial charge < -0.3 is 9.64 Å². The molecule has 0 N–H and O–H groups in total. The maximum atomic E-state index is 12.3. The first-order valence-corrected chi connectivity index (χ1v) is 8.38. The van der Waals surface area contributed by atoms with Gasteiger partial charge in [0.25, 0.3) is 5.91 Å². The molecule has 22 heavy (non-hydrogen) atoms. The minimum absolute atomic E-state index is 0.0499. The van der Waals surface area contributed by atoms with Gasteiger partial charge in [0.2, 0.25) is 0 Å². The fourth-order valence-corrected chi connectivity index (χ4v) is 3.24. The number of halogens is 2. The highest BCUT2D eigenvalue weighted by atomic mass is 35.5. The van der Waals surface area contributed by atoms with E-state index in [0.717, 1.165) is 12.8 Å². The fraction of sp³-hybridized carbons (Fsp3) is 0.625. The number of aromatic nitrogens is 1. The first-order valence-electron chi connectivity index (χ1n) is 7.62. The van der Waals surface area contributed by atoms with E-state index in [4.69, 9.17) is 27.9 Å². The molecule has 4 nitrogen and oxygen atoms in total. The first-order chi connectivity index (χ1) is 10.4. The second kappa shape index (κ2) is 7.51. The third kappa shape index (κ3) is 3.85. The largest absolute Gasteiger partial charge is 0.480 e. The molecule has 1 aromatic heterocycles. The summed E-state index contributed by atoms with van der Waals surface area (Å²) in [6.07, 6.45) is 5.76. The summed E-state index contributed by atoms with van der Waals surface area (Å²) in [7, 11) is 1.84. The van der Waals surface area contributed by atoms with Gasteiger partial charge in [-0.2, -0.15) is 0 Å². The van der Waals surface area contributed by atoms with Crippen molar-refractivity contribution in [2.24, 2.45) is 0 Å². The van der Waals surface area contributed by atoms with Gasteiger partial charge in [-0.1, -0.05) is 42.5 Å². The van der Waals surface area contributed by atoms with E-state index in [1.807, 2.05) is 7.05 Å². The molecule has 6 heteroatoms. The highest BCUT2D eigenvalue weighted by Gasteiger charge is 2.23. The van der Waals surface area contributed by atoms with Crippen molar-refractivity contribution in [3.8, 4) is 5.75 Å². The van der Waals surface area contributed by atoms with Crippen LogP contribution in [0.1, 0.15) is 43.5 Å². The molecular formula is C16H22Cl2N2O2. The van der Waals surface area contributed by atoms with Crippen molar-refractivity contribution < 1.29 is 9.53 Å². The molecule has 0 bridgehead atoms. The van der Waals surface area contributed by atoms with Crippen LogP contribution in [-0.2, 0) is 4.79 Å². The van der Waals surface area contributed by atoms with Gasteiger partial charge in [0.1, 0.15) is 10.0 Å². The smallest absolute Gasteiger partial charge is 0.260 e. The van der Waals surface area contributed by atoms with Gasteiger partial charge in [-0.05, 0) is 26.7 Å². The minimum Gasteiger partial charge on any atom is -0.480 e. The summed E-state index contributed by atoms with van der Waals surface area (Å²) in [6, 6.07) is 0.316. The van der Waals surface area contributed by atoms with E-state index in [-0.39, 0.29) is 12.5 Å². The standard InChI is InChI=1S/C16H22Cl2N2O2/c1-10-14(17)16(15(18)11(2)19-10)22-9-13(21)20(3)12-7-5-4-6-8-12/h12H,4-9H2,1-3H3. The van der Waals surface area contributed by atoms with Crippen molar-refractivity contribution in [2.45, 2.75) is 52.0 Å². The van der Waals surface area contributed by atoms with Crippen molar-refractivity contribution in [1.82, 2.24) is 9.88 Å². The molecule has 1 saturated carbocycles. The van der Waals surface area contributed by atoms with Crippen LogP contribution in [0.5, 0.6) is 5.75 Å². The van der Waals surface area contributed by atoms with Crippen LogP contribution in [0.3, 0.4) is 0 Å². The molecule has 122 valence electrons. The molecule has 0 atom stereocenters. The third-order valence-electron chi connectivity index (χ3n) is 4.23. The van der Waals surface area contributed by atoms with Crippen LogP contribution in [-0.4, -0.2) is 35.5 Å². The van der Waals surface area contributed by atoms with Gasteiger partial charge in [0.15, 0.2) is 12.4 Å². The summed E-state index contributed by atoms with van der Waals surface area (Å²) in [4.78, 5) is 18.3. The van der Waals surface area contributed by atoms with Crippen molar-refractivity contribution in [3.05, 3.63) is 21.4 Å². The fourth-order valence-electron chi connectivity index (χ4n) is 2.81. The van der Waals surface area contributed by atoms with Crippen LogP contribution in [0.4, 0.5) is 0 Å². The highest BCUT2D eigenvalue weighted by molar-refractivity contribution is 6.37. The van der Waals surface area contributed by atoms with E-state index in [9.17, 15) is 4.79 Å². The van der Waals surface area contributed by atoms with E-state index >= 15 is 0 Å². The maximum absolute atomic E-state index is 12.3. The quantitative estimate of drug-likeness (QED) is 0.822. The number of aryl methyl sites for hydroxylation is 2. The molecule has 0 unspecified atom stereocenters. The zero-order valence-electron chi connectivity index (χ0n) is 13.3. The second-order valence-electron chi connectivity index (χ2n) is 5.82. The summed E-state index contributed by atoms with van der Waals surface area (Å²) in [5.74, 6) is 0.296. The average molecular weight is 345 g/mol. The molecule has 0 saturated heterocycles. The molecule has 1 aliphatic rings. The zero-order chi connectivity index (χ0) is 16.3. The van der Waals surface area contributed by atoms with Crippen LogP contribution < -0.4 is 4.74 Å². The molecule has 2 rings (SSSR count). The summed E-state index contributed by atoms with van der Waals surface area (Å²) in [5.41, 5.74) is 1.29. The number of amides is 1. The summed E-state index contributed by atoms with van der Waals surface area (Å²) < 4.78 is 5.61. The Bertz CT molecular complexity index is 531. The van der Waals surface area contributed by atoms with Crippen LogP contribution in [0.2, 0.25) is 10.0 Å². The SMILES string of the molecule is Cc1nc(C)c(Cl)c(OCC(=O)N(C)C2CCCCC2)c1Cl. The van der Waals surface area contributed by atoms with Crippen LogP contribution in [0, 0.1) is 13.8 Å². The third-order valence-corrected chi connectivity index (χ3v) is 5.12. The number of nitrogens with zero attached hydrogens (tertiary/aromatic N) is 2. The Morgan fingerprint density at radius 1 is 1.18 bits per heavy atom. The topological polar surface area (TPSA) is 42.4 Å². The average Bonchev–Trinajstić information content (AvgIpc) is 2.53. The lowest BCUT2D eigenvalue weighted by Gasteiger charge is -2.31. The number of rotatable bonds is 4.